The van der Waals surface area contributed by atoms with Crippen LogP contribution in [0.1, 0.15) is 18.9 Å². The van der Waals surface area contributed by atoms with Gasteiger partial charge in [-0.3, -0.25) is 0 Å². The molecule has 0 aliphatic heterocycles. The van der Waals surface area contributed by atoms with E-state index in [4.69, 9.17) is 0 Å². The van der Waals surface area contributed by atoms with Gasteiger partial charge in [0.15, 0.2) is 0 Å². The van der Waals surface area contributed by atoms with Crippen molar-refractivity contribution in [2.75, 3.05) is 30.9 Å². The van der Waals surface area contributed by atoms with Crippen molar-refractivity contribution in [3.63, 3.8) is 0 Å². The zero-order valence-electron chi connectivity index (χ0n) is 15.1. The zero-order chi connectivity index (χ0) is 18.2. The molecule has 0 heterocycles. The van der Waals surface area contributed by atoms with E-state index in [1.165, 1.54) is 5.56 Å². The van der Waals surface area contributed by atoms with Gasteiger partial charge in [0.2, 0.25) is 0 Å². The monoisotopic (exact) mass is 341 g/mol. The van der Waals surface area contributed by atoms with Crippen molar-refractivity contribution in [3.05, 3.63) is 60.2 Å². The Balaban J connectivity index is 2.05. The Labute approximate surface area is 149 Å². The number of hydrogen-bond donors (Lipinski definition) is 2. The van der Waals surface area contributed by atoms with Crippen molar-refractivity contribution in [1.29, 1.82) is 0 Å². The van der Waals surface area contributed by atoms with E-state index in [1.54, 1.807) is 18.9 Å². The van der Waals surface area contributed by atoms with Gasteiger partial charge in [0, 0.05) is 27.2 Å². The molecule has 0 aliphatic rings. The zero-order valence-corrected chi connectivity index (χ0v) is 15.1. The maximum atomic E-state index is 12.4. The summed E-state index contributed by atoms with van der Waals surface area (Å²) in [6.07, 6.45) is 0.138. The molecule has 0 unspecified atom stereocenters. The Kier molecular flexibility index (Phi) is 6.83. The molecule has 2 aromatic rings. The number of carbonyl (C=O) groups is 1. The van der Waals surface area contributed by atoms with Crippen molar-refractivity contribution in [3.8, 4) is 0 Å². The maximum Gasteiger partial charge on any atom is 0.321 e. The fourth-order valence-corrected chi connectivity index (χ4v) is 2.55. The van der Waals surface area contributed by atoms with E-state index in [0.717, 1.165) is 17.9 Å². The molecule has 0 saturated heterocycles. The lowest BCUT2D eigenvalue weighted by Crippen LogP contribution is -2.33. The van der Waals surface area contributed by atoms with E-state index in [0.29, 0.717) is 13.0 Å². The molecule has 2 rings (SSSR count). The molecule has 2 N–H and O–H groups in total. The molecular formula is C20H27N3O2. The number of benzene rings is 2. The molecular weight excluding hydrogens is 314 g/mol. The number of nitrogens with one attached hydrogen (secondary N) is 1. The number of para-hydroxylation sites is 2. The minimum absolute atomic E-state index is 0.179. The third kappa shape index (κ3) is 5.80. The van der Waals surface area contributed by atoms with E-state index in [2.05, 4.69) is 22.3 Å². The van der Waals surface area contributed by atoms with Crippen LogP contribution in [0.5, 0.6) is 0 Å². The lowest BCUT2D eigenvalue weighted by molar-refractivity contribution is 0.167. The first-order valence-corrected chi connectivity index (χ1v) is 8.51. The van der Waals surface area contributed by atoms with Crippen molar-refractivity contribution < 1.29 is 9.90 Å². The van der Waals surface area contributed by atoms with E-state index in [1.807, 2.05) is 49.5 Å². The Hall–Kier alpha value is -2.53. The summed E-state index contributed by atoms with van der Waals surface area (Å²) in [6.45, 7) is 2.98. The van der Waals surface area contributed by atoms with Crippen LogP contribution in [0.3, 0.4) is 0 Å². The fraction of sp³-hybridized carbons (Fsp3) is 0.350. The summed E-state index contributed by atoms with van der Waals surface area (Å²) in [7, 11) is 3.74. The van der Waals surface area contributed by atoms with E-state index < -0.39 is 6.10 Å². The first-order chi connectivity index (χ1) is 12.0. The molecule has 5 nitrogen and oxygen atoms in total. The molecule has 0 radical (unpaired) electrons. The smallest absolute Gasteiger partial charge is 0.321 e. The summed E-state index contributed by atoms with van der Waals surface area (Å²) in [5, 5.41) is 12.3. The van der Waals surface area contributed by atoms with Gasteiger partial charge in [0.05, 0.1) is 17.5 Å². The van der Waals surface area contributed by atoms with Crippen molar-refractivity contribution in [2.24, 2.45) is 0 Å². The Morgan fingerprint density at radius 1 is 1.08 bits per heavy atom. The van der Waals surface area contributed by atoms with Crippen LogP contribution in [-0.2, 0) is 6.54 Å². The van der Waals surface area contributed by atoms with Crippen LogP contribution >= 0.6 is 0 Å². The second-order valence-corrected chi connectivity index (χ2v) is 6.35. The lowest BCUT2D eigenvalue weighted by atomic mass is 10.2. The highest BCUT2D eigenvalue weighted by atomic mass is 16.3. The largest absolute Gasteiger partial charge is 0.393 e. The van der Waals surface area contributed by atoms with Gasteiger partial charge in [0.25, 0.3) is 0 Å². The quantitative estimate of drug-likeness (QED) is 0.810. The third-order valence-electron chi connectivity index (χ3n) is 4.05. The maximum absolute atomic E-state index is 12.4. The summed E-state index contributed by atoms with van der Waals surface area (Å²) in [4.78, 5) is 16.1. The van der Waals surface area contributed by atoms with Crippen LogP contribution < -0.4 is 10.2 Å². The first-order valence-electron chi connectivity index (χ1n) is 8.51. The van der Waals surface area contributed by atoms with E-state index in [-0.39, 0.29) is 6.03 Å². The second-order valence-electron chi connectivity index (χ2n) is 6.35. The molecule has 1 atom stereocenters. The van der Waals surface area contributed by atoms with Crippen LogP contribution in [0.2, 0.25) is 0 Å². The number of carbonyl (C=O) groups excluding carboxylic acids is 1. The minimum Gasteiger partial charge on any atom is -0.393 e. The molecule has 0 spiro atoms. The molecule has 5 heteroatoms. The van der Waals surface area contributed by atoms with Crippen LogP contribution in [0.25, 0.3) is 0 Å². The molecule has 0 aliphatic carbocycles. The fourth-order valence-electron chi connectivity index (χ4n) is 2.55. The summed E-state index contributed by atoms with van der Waals surface area (Å²) in [5.41, 5.74) is 2.94. The molecule has 2 amide bonds. The Morgan fingerprint density at radius 3 is 2.40 bits per heavy atom. The van der Waals surface area contributed by atoms with Gasteiger partial charge < -0.3 is 20.2 Å². The molecule has 2 aromatic carbocycles. The van der Waals surface area contributed by atoms with Gasteiger partial charge in [-0.15, -0.1) is 0 Å². The van der Waals surface area contributed by atoms with Crippen LogP contribution in [0, 0.1) is 0 Å². The van der Waals surface area contributed by atoms with E-state index >= 15 is 0 Å². The average Bonchev–Trinajstić information content (AvgIpc) is 2.60. The first kappa shape index (κ1) is 18.8. The Bertz CT molecular complexity index is 674. The normalized spacial score (nSPS) is 11.7. The van der Waals surface area contributed by atoms with Crippen LogP contribution in [-0.4, -0.2) is 42.8 Å². The van der Waals surface area contributed by atoms with Gasteiger partial charge in [0.1, 0.15) is 0 Å². The Morgan fingerprint density at radius 2 is 1.72 bits per heavy atom. The number of hydrogen-bond acceptors (Lipinski definition) is 3. The number of rotatable bonds is 7. The molecule has 134 valence electrons. The van der Waals surface area contributed by atoms with Gasteiger partial charge >= 0.3 is 6.03 Å². The predicted octanol–water partition coefficient (Wildman–Crippen LogP) is 3.56. The number of urea groups is 1. The minimum atomic E-state index is -0.417. The highest BCUT2D eigenvalue weighted by Crippen LogP contribution is 2.26. The predicted molar refractivity (Wildman–Crippen MR) is 103 cm³/mol. The molecule has 0 fully saturated rings. The summed E-state index contributed by atoms with van der Waals surface area (Å²) in [5.74, 6) is 0. The van der Waals surface area contributed by atoms with Crippen molar-refractivity contribution >= 4 is 17.4 Å². The van der Waals surface area contributed by atoms with Gasteiger partial charge in [-0.05, 0) is 31.0 Å². The highest BCUT2D eigenvalue weighted by Gasteiger charge is 2.13. The average molecular weight is 341 g/mol. The molecule has 0 saturated carbocycles. The number of nitrogens with zero attached hydrogens (tertiary/aromatic N) is 2. The molecule has 25 heavy (non-hydrogen) atoms. The number of aliphatic hydroxyl groups is 1. The molecule has 0 aromatic heterocycles. The molecule has 0 bridgehead atoms. The van der Waals surface area contributed by atoms with Crippen LogP contribution in [0.15, 0.2) is 54.6 Å². The number of aliphatic hydroxyl groups excluding tert-OH is 1. The van der Waals surface area contributed by atoms with Gasteiger partial charge in [-0.25, -0.2) is 4.79 Å². The van der Waals surface area contributed by atoms with E-state index in [9.17, 15) is 9.90 Å². The lowest BCUT2D eigenvalue weighted by Gasteiger charge is -2.24. The van der Waals surface area contributed by atoms with Crippen molar-refractivity contribution in [2.45, 2.75) is 26.0 Å². The number of amides is 2. The van der Waals surface area contributed by atoms with Gasteiger partial charge in [-0.2, -0.15) is 0 Å². The van der Waals surface area contributed by atoms with Crippen LogP contribution in [0.4, 0.5) is 16.2 Å². The summed E-state index contributed by atoms with van der Waals surface area (Å²) >= 11 is 0. The SMILES string of the molecule is C[C@@H](O)CCN(C)C(=O)Nc1ccccc1N(C)Cc1ccccc1. The summed E-state index contributed by atoms with van der Waals surface area (Å²) < 4.78 is 0. The highest BCUT2D eigenvalue weighted by molar-refractivity contribution is 5.93. The second kappa shape index (κ2) is 9.08. The van der Waals surface area contributed by atoms with Crippen molar-refractivity contribution in [1.82, 2.24) is 4.90 Å². The third-order valence-corrected chi connectivity index (χ3v) is 4.05. The summed E-state index contributed by atoms with van der Waals surface area (Å²) in [6, 6.07) is 17.8. The topological polar surface area (TPSA) is 55.8 Å². The number of anilines is 2. The standard InChI is InChI=1S/C20H27N3O2/c1-16(24)13-14-22(2)20(25)21-18-11-7-8-12-19(18)23(3)15-17-9-5-4-6-10-17/h4-12,16,24H,13-15H2,1-3H3,(H,21,25)/t16-/m1/s1. The van der Waals surface area contributed by atoms with Gasteiger partial charge in [-0.1, -0.05) is 42.5 Å².